The average Bonchev–Trinajstić information content (AvgIpc) is 3.23. The van der Waals surface area contributed by atoms with E-state index in [1.165, 1.54) is 23.1 Å². The van der Waals surface area contributed by atoms with Crippen LogP contribution < -0.4 is 10.6 Å². The molecule has 1 heterocycles. The summed E-state index contributed by atoms with van der Waals surface area (Å²) in [5.41, 5.74) is 2.89. The van der Waals surface area contributed by atoms with E-state index in [1.807, 2.05) is 25.1 Å². The number of carboxylic acids is 1. The van der Waals surface area contributed by atoms with Crippen molar-refractivity contribution in [2.24, 2.45) is 11.8 Å². The van der Waals surface area contributed by atoms with Crippen molar-refractivity contribution < 1.29 is 19.5 Å². The van der Waals surface area contributed by atoms with Gasteiger partial charge in [0.15, 0.2) is 4.34 Å². The smallest absolute Gasteiger partial charge is 0.307 e. The first-order valence-electron chi connectivity index (χ1n) is 10.9. The van der Waals surface area contributed by atoms with E-state index in [2.05, 4.69) is 15.6 Å². The minimum Gasteiger partial charge on any atom is -0.481 e. The Balaban J connectivity index is 1.38. The van der Waals surface area contributed by atoms with Gasteiger partial charge in [-0.15, -0.1) is 11.3 Å². The number of carbonyl (C=O) groups is 3. The van der Waals surface area contributed by atoms with Gasteiger partial charge >= 0.3 is 5.97 Å². The summed E-state index contributed by atoms with van der Waals surface area (Å²) >= 11 is 8.89. The number of thiazole rings is 1. The van der Waals surface area contributed by atoms with Gasteiger partial charge in [0, 0.05) is 16.4 Å². The Bertz CT molecular complexity index is 1250. The van der Waals surface area contributed by atoms with Gasteiger partial charge in [0.1, 0.15) is 0 Å². The van der Waals surface area contributed by atoms with E-state index in [1.54, 1.807) is 18.2 Å². The molecule has 2 aromatic carbocycles. The van der Waals surface area contributed by atoms with Gasteiger partial charge in [-0.3, -0.25) is 14.4 Å². The lowest BCUT2D eigenvalue weighted by atomic mass is 9.78. The number of carboxylic acid groups (broad SMARTS) is 1. The number of halogens is 1. The number of aromatic nitrogens is 1. The summed E-state index contributed by atoms with van der Waals surface area (Å²) in [5, 5.41) is 15.8. The van der Waals surface area contributed by atoms with Gasteiger partial charge in [-0.25, -0.2) is 4.98 Å². The molecular weight excluding hydrogens is 494 g/mol. The average molecular weight is 518 g/mol. The molecule has 0 aliphatic heterocycles. The summed E-state index contributed by atoms with van der Waals surface area (Å²) < 4.78 is 1.62. The van der Waals surface area contributed by atoms with E-state index in [4.69, 9.17) is 11.6 Å². The topological polar surface area (TPSA) is 108 Å². The van der Waals surface area contributed by atoms with Gasteiger partial charge in [0.05, 0.1) is 27.8 Å². The Morgan fingerprint density at radius 3 is 2.68 bits per heavy atom. The molecule has 178 valence electrons. The number of rotatable bonds is 7. The second-order valence-electron chi connectivity index (χ2n) is 8.24. The van der Waals surface area contributed by atoms with Crippen LogP contribution in [0.3, 0.4) is 0 Å². The molecule has 1 fully saturated rings. The molecule has 1 aromatic heterocycles. The van der Waals surface area contributed by atoms with Crippen LogP contribution in [-0.2, 0) is 14.4 Å². The number of amides is 2. The number of carbonyl (C=O) groups excluding carboxylic acids is 2. The summed E-state index contributed by atoms with van der Waals surface area (Å²) in [6.45, 7) is 1.85. The molecule has 1 saturated carbocycles. The Kier molecular flexibility index (Phi) is 7.75. The maximum atomic E-state index is 12.8. The van der Waals surface area contributed by atoms with E-state index in [9.17, 15) is 19.5 Å². The first-order chi connectivity index (χ1) is 16.3. The molecule has 1 aliphatic carbocycles. The number of nitrogens with zero attached hydrogens (tertiary/aromatic N) is 1. The summed E-state index contributed by atoms with van der Waals surface area (Å²) in [6.07, 6.45) is 2.82. The van der Waals surface area contributed by atoms with Crippen LogP contribution in [-0.4, -0.2) is 33.6 Å². The van der Waals surface area contributed by atoms with Gasteiger partial charge in [-0.2, -0.15) is 0 Å². The fraction of sp³-hybridized carbons (Fsp3) is 0.333. The van der Waals surface area contributed by atoms with Crippen LogP contribution in [0.5, 0.6) is 0 Å². The molecule has 3 aromatic rings. The number of nitrogens with one attached hydrogen (secondary N) is 2. The molecule has 7 nitrogen and oxygen atoms in total. The summed E-state index contributed by atoms with van der Waals surface area (Å²) in [4.78, 5) is 41.2. The van der Waals surface area contributed by atoms with Gasteiger partial charge < -0.3 is 15.7 Å². The Labute approximate surface area is 210 Å². The fourth-order valence-electron chi connectivity index (χ4n) is 4.07. The monoisotopic (exact) mass is 517 g/mol. The summed E-state index contributed by atoms with van der Waals surface area (Å²) in [5.74, 6) is -2.26. The van der Waals surface area contributed by atoms with Gasteiger partial charge in [-0.1, -0.05) is 42.3 Å². The highest BCUT2D eigenvalue weighted by Gasteiger charge is 2.35. The van der Waals surface area contributed by atoms with Crippen LogP contribution in [0.4, 0.5) is 11.4 Å². The molecule has 1 aliphatic rings. The van der Waals surface area contributed by atoms with E-state index in [-0.39, 0.29) is 17.6 Å². The van der Waals surface area contributed by atoms with Crippen molar-refractivity contribution in [2.45, 2.75) is 36.9 Å². The standard InChI is InChI=1S/C24H24ClN3O4S2/c1-13-17(25)7-4-8-18(13)27-21(29)12-33-24-28-19-10-9-14(11-20(19)34-24)26-22(30)15-5-2-3-6-16(15)23(31)32/h4,7-11,15-16H,2-3,5-6,12H2,1H3,(H,26,30)(H,27,29)(H,31,32)/t15-,16+/m0/s1. The first kappa shape index (κ1) is 24.5. The van der Waals surface area contributed by atoms with Crippen LogP contribution in [0.25, 0.3) is 10.2 Å². The Hall–Kier alpha value is -2.62. The number of aliphatic carboxylic acids is 1. The summed E-state index contributed by atoms with van der Waals surface area (Å²) in [6, 6.07) is 10.8. The normalized spacial score (nSPS) is 17.9. The van der Waals surface area contributed by atoms with Crippen LogP contribution in [0.2, 0.25) is 5.02 Å². The third kappa shape index (κ3) is 5.71. The highest BCUT2D eigenvalue weighted by Crippen LogP contribution is 2.34. The molecule has 0 unspecified atom stereocenters. The number of benzene rings is 2. The van der Waals surface area contributed by atoms with Crippen LogP contribution in [0.1, 0.15) is 31.2 Å². The SMILES string of the molecule is Cc1c(Cl)cccc1NC(=O)CSc1nc2ccc(NC(=O)[C@H]3CCCC[C@H]3C(=O)O)cc2s1. The lowest BCUT2D eigenvalue weighted by molar-refractivity contribution is -0.147. The fourth-order valence-corrected chi connectivity index (χ4v) is 6.16. The number of fused-ring (bicyclic) bond motifs is 1. The minimum absolute atomic E-state index is 0.150. The Morgan fingerprint density at radius 2 is 1.91 bits per heavy atom. The van der Waals surface area contributed by atoms with Gasteiger partial charge in [0.25, 0.3) is 0 Å². The van der Waals surface area contributed by atoms with Crippen LogP contribution >= 0.6 is 34.7 Å². The Morgan fingerprint density at radius 1 is 1.15 bits per heavy atom. The predicted octanol–water partition coefficient (Wildman–Crippen LogP) is 5.82. The van der Waals surface area contributed by atoms with Gasteiger partial charge in [-0.05, 0) is 55.7 Å². The summed E-state index contributed by atoms with van der Waals surface area (Å²) in [7, 11) is 0. The third-order valence-corrected chi connectivity index (χ3v) is 8.50. The quantitative estimate of drug-likeness (QED) is 0.341. The number of hydrogen-bond acceptors (Lipinski definition) is 6. The molecule has 0 bridgehead atoms. The molecule has 2 atom stereocenters. The van der Waals surface area contributed by atoms with Crippen molar-refractivity contribution in [3.63, 3.8) is 0 Å². The molecule has 34 heavy (non-hydrogen) atoms. The largest absolute Gasteiger partial charge is 0.481 e. The molecule has 4 rings (SSSR count). The highest BCUT2D eigenvalue weighted by molar-refractivity contribution is 8.01. The van der Waals surface area contributed by atoms with E-state index < -0.39 is 17.8 Å². The zero-order chi connectivity index (χ0) is 24.2. The zero-order valence-corrected chi connectivity index (χ0v) is 20.9. The molecule has 0 spiro atoms. The minimum atomic E-state index is -0.908. The van der Waals surface area contributed by atoms with Crippen molar-refractivity contribution in [3.05, 3.63) is 47.0 Å². The number of thioether (sulfide) groups is 1. The van der Waals surface area contributed by atoms with Gasteiger partial charge in [0.2, 0.25) is 11.8 Å². The zero-order valence-electron chi connectivity index (χ0n) is 18.5. The van der Waals surface area contributed by atoms with E-state index in [0.717, 1.165) is 33.0 Å². The lowest BCUT2D eigenvalue weighted by Crippen LogP contribution is -2.36. The molecule has 2 amide bonds. The molecule has 0 saturated heterocycles. The second kappa shape index (κ2) is 10.8. The van der Waals surface area contributed by atoms with Crippen molar-refractivity contribution in [3.8, 4) is 0 Å². The highest BCUT2D eigenvalue weighted by atomic mass is 35.5. The van der Waals surface area contributed by atoms with Crippen LogP contribution in [0, 0.1) is 18.8 Å². The second-order valence-corrected chi connectivity index (χ2v) is 10.9. The molecule has 0 radical (unpaired) electrons. The van der Waals surface area contributed by atoms with Crippen LogP contribution in [0.15, 0.2) is 40.7 Å². The maximum Gasteiger partial charge on any atom is 0.307 e. The third-order valence-electron chi connectivity index (χ3n) is 5.92. The van der Waals surface area contributed by atoms with Crippen molar-refractivity contribution in [1.82, 2.24) is 4.98 Å². The maximum absolute atomic E-state index is 12.8. The van der Waals surface area contributed by atoms with Crippen molar-refractivity contribution >= 4 is 74.1 Å². The van der Waals surface area contributed by atoms with Crippen molar-refractivity contribution in [1.29, 1.82) is 0 Å². The van der Waals surface area contributed by atoms with Crippen molar-refractivity contribution in [2.75, 3.05) is 16.4 Å². The molecule has 10 heteroatoms. The molecular formula is C24H24ClN3O4S2. The lowest BCUT2D eigenvalue weighted by Gasteiger charge is -2.27. The van der Waals surface area contributed by atoms with E-state index >= 15 is 0 Å². The first-order valence-corrected chi connectivity index (χ1v) is 13.1. The number of anilines is 2. The predicted molar refractivity (Wildman–Crippen MR) is 137 cm³/mol. The number of hydrogen-bond donors (Lipinski definition) is 3. The van der Waals surface area contributed by atoms with E-state index in [0.29, 0.717) is 29.2 Å². The molecule has 3 N–H and O–H groups in total.